The molecule has 74 valence electrons. The van der Waals surface area contributed by atoms with Crippen molar-refractivity contribution < 1.29 is 0 Å². The summed E-state index contributed by atoms with van der Waals surface area (Å²) in [6.45, 7) is 3.77. The van der Waals surface area contributed by atoms with Gasteiger partial charge in [0.25, 0.3) is 0 Å². The highest BCUT2D eigenvalue weighted by Crippen LogP contribution is 2.04. The number of rotatable bonds is 3. The molecule has 1 aromatic carbocycles. The Labute approximate surface area is 84.4 Å². The molecular formula is C11H15N3. The third-order valence-corrected chi connectivity index (χ3v) is 1.77. The molecule has 0 fully saturated rings. The Morgan fingerprint density at radius 1 is 1.21 bits per heavy atom. The van der Waals surface area contributed by atoms with Gasteiger partial charge >= 0.3 is 0 Å². The minimum absolute atomic E-state index is 0.479. The highest BCUT2D eigenvalue weighted by atomic mass is 15.2. The van der Waals surface area contributed by atoms with Gasteiger partial charge in [-0.05, 0) is 18.9 Å². The van der Waals surface area contributed by atoms with Crippen molar-refractivity contribution in [2.24, 2.45) is 15.9 Å². The van der Waals surface area contributed by atoms with Crippen LogP contribution in [0.3, 0.4) is 0 Å². The van der Waals surface area contributed by atoms with E-state index in [1.807, 2.05) is 37.3 Å². The van der Waals surface area contributed by atoms with Gasteiger partial charge in [-0.1, -0.05) is 37.3 Å². The van der Waals surface area contributed by atoms with E-state index in [2.05, 4.69) is 10.2 Å². The van der Waals surface area contributed by atoms with E-state index in [0.717, 1.165) is 17.7 Å². The van der Waals surface area contributed by atoms with Crippen LogP contribution in [0, 0.1) is 0 Å². The van der Waals surface area contributed by atoms with Crippen LogP contribution in [0.4, 0.5) is 0 Å². The van der Waals surface area contributed by atoms with E-state index < -0.39 is 0 Å². The van der Waals surface area contributed by atoms with Gasteiger partial charge in [-0.3, -0.25) is 0 Å². The third-order valence-electron chi connectivity index (χ3n) is 1.77. The van der Waals surface area contributed by atoms with Crippen molar-refractivity contribution in [1.29, 1.82) is 0 Å². The third kappa shape index (κ3) is 3.01. The van der Waals surface area contributed by atoms with E-state index in [0.29, 0.717) is 5.84 Å². The Kier molecular flexibility index (Phi) is 3.85. The maximum atomic E-state index is 5.42. The molecule has 0 saturated heterocycles. The van der Waals surface area contributed by atoms with Gasteiger partial charge < -0.3 is 5.73 Å². The van der Waals surface area contributed by atoms with Crippen LogP contribution in [0.2, 0.25) is 0 Å². The summed E-state index contributed by atoms with van der Waals surface area (Å²) >= 11 is 0. The molecule has 14 heavy (non-hydrogen) atoms. The SMILES string of the molecule is CC/C(=N/N=C(/C)N)c1ccccc1. The van der Waals surface area contributed by atoms with Gasteiger partial charge in [-0.15, -0.1) is 5.10 Å². The molecule has 1 rings (SSSR count). The minimum Gasteiger partial charge on any atom is -0.386 e. The summed E-state index contributed by atoms with van der Waals surface area (Å²) in [4.78, 5) is 0. The van der Waals surface area contributed by atoms with Crippen molar-refractivity contribution in [2.45, 2.75) is 20.3 Å². The molecule has 0 aliphatic heterocycles. The average molecular weight is 189 g/mol. The van der Waals surface area contributed by atoms with Crippen LogP contribution < -0.4 is 5.73 Å². The van der Waals surface area contributed by atoms with Crippen LogP contribution in [0.1, 0.15) is 25.8 Å². The highest BCUT2D eigenvalue weighted by molar-refractivity contribution is 6.00. The molecule has 0 radical (unpaired) electrons. The van der Waals surface area contributed by atoms with Gasteiger partial charge in [-0.2, -0.15) is 5.10 Å². The van der Waals surface area contributed by atoms with E-state index in [1.54, 1.807) is 6.92 Å². The number of hydrogen-bond donors (Lipinski definition) is 1. The van der Waals surface area contributed by atoms with Crippen LogP contribution in [-0.4, -0.2) is 11.5 Å². The monoisotopic (exact) mass is 189 g/mol. The first-order valence-corrected chi connectivity index (χ1v) is 4.66. The molecule has 0 bridgehead atoms. The Morgan fingerprint density at radius 3 is 2.36 bits per heavy atom. The van der Waals surface area contributed by atoms with Crippen molar-refractivity contribution in [3.8, 4) is 0 Å². The zero-order valence-electron chi connectivity index (χ0n) is 8.57. The fraction of sp³-hybridized carbons (Fsp3) is 0.273. The van der Waals surface area contributed by atoms with Crippen LogP contribution in [0.15, 0.2) is 40.5 Å². The zero-order chi connectivity index (χ0) is 10.4. The molecule has 2 N–H and O–H groups in total. The summed E-state index contributed by atoms with van der Waals surface area (Å²) in [5, 5.41) is 7.95. The van der Waals surface area contributed by atoms with Crippen molar-refractivity contribution in [3.05, 3.63) is 35.9 Å². The minimum atomic E-state index is 0.479. The molecule has 0 heterocycles. The molecule has 0 aliphatic carbocycles. The predicted octanol–water partition coefficient (Wildman–Crippen LogP) is 2.18. The largest absolute Gasteiger partial charge is 0.386 e. The Bertz CT molecular complexity index is 335. The summed E-state index contributed by atoms with van der Waals surface area (Å²) in [6, 6.07) is 9.99. The molecular weight excluding hydrogens is 174 g/mol. The number of benzene rings is 1. The fourth-order valence-corrected chi connectivity index (χ4v) is 1.10. The van der Waals surface area contributed by atoms with Crippen LogP contribution >= 0.6 is 0 Å². The quantitative estimate of drug-likeness (QED) is 0.442. The molecule has 0 spiro atoms. The topological polar surface area (TPSA) is 50.7 Å². The first-order chi connectivity index (χ1) is 6.74. The molecule has 1 aromatic rings. The molecule has 0 atom stereocenters. The van der Waals surface area contributed by atoms with Gasteiger partial charge in [0.1, 0.15) is 5.84 Å². The summed E-state index contributed by atoms with van der Waals surface area (Å²) in [5.41, 5.74) is 7.47. The van der Waals surface area contributed by atoms with Crippen molar-refractivity contribution in [3.63, 3.8) is 0 Å². The zero-order valence-corrected chi connectivity index (χ0v) is 8.57. The Balaban J connectivity index is 2.93. The predicted molar refractivity (Wildman–Crippen MR) is 60.6 cm³/mol. The molecule has 0 amide bonds. The van der Waals surface area contributed by atoms with Crippen molar-refractivity contribution in [1.82, 2.24) is 0 Å². The molecule has 0 saturated carbocycles. The molecule has 0 aliphatic rings. The fourth-order valence-electron chi connectivity index (χ4n) is 1.10. The lowest BCUT2D eigenvalue weighted by molar-refractivity contribution is 1.16. The lowest BCUT2D eigenvalue weighted by Gasteiger charge is -2.00. The number of amidine groups is 1. The average Bonchev–Trinajstić information content (AvgIpc) is 2.20. The lowest BCUT2D eigenvalue weighted by atomic mass is 10.1. The molecule has 0 unspecified atom stereocenters. The van der Waals surface area contributed by atoms with Crippen LogP contribution in [0.25, 0.3) is 0 Å². The number of nitrogens with two attached hydrogens (primary N) is 1. The van der Waals surface area contributed by atoms with E-state index in [-0.39, 0.29) is 0 Å². The van der Waals surface area contributed by atoms with Gasteiger partial charge in [0.2, 0.25) is 0 Å². The van der Waals surface area contributed by atoms with E-state index in [4.69, 9.17) is 5.73 Å². The van der Waals surface area contributed by atoms with Crippen LogP contribution in [0.5, 0.6) is 0 Å². The second-order valence-electron chi connectivity index (χ2n) is 3.01. The van der Waals surface area contributed by atoms with Gasteiger partial charge in [0, 0.05) is 0 Å². The van der Waals surface area contributed by atoms with Crippen molar-refractivity contribution >= 4 is 11.5 Å². The highest BCUT2D eigenvalue weighted by Gasteiger charge is 1.98. The first-order valence-electron chi connectivity index (χ1n) is 4.66. The maximum absolute atomic E-state index is 5.42. The molecule has 3 heteroatoms. The van der Waals surface area contributed by atoms with Gasteiger partial charge in [0.05, 0.1) is 5.71 Å². The van der Waals surface area contributed by atoms with Crippen LogP contribution in [-0.2, 0) is 0 Å². The summed E-state index contributed by atoms with van der Waals surface area (Å²) < 4.78 is 0. The summed E-state index contributed by atoms with van der Waals surface area (Å²) in [6.07, 6.45) is 0.848. The maximum Gasteiger partial charge on any atom is 0.119 e. The summed E-state index contributed by atoms with van der Waals surface area (Å²) in [5.74, 6) is 0.479. The number of hydrogen-bond acceptors (Lipinski definition) is 2. The standard InChI is InChI=1S/C11H15N3/c1-3-11(14-13-9(2)12)10-7-5-4-6-8-10/h4-8H,3H2,1-2H3,(H2,12,13)/b14-11-. The smallest absolute Gasteiger partial charge is 0.119 e. The van der Waals surface area contributed by atoms with E-state index in [1.165, 1.54) is 0 Å². The van der Waals surface area contributed by atoms with Gasteiger partial charge in [-0.25, -0.2) is 0 Å². The Morgan fingerprint density at radius 2 is 1.86 bits per heavy atom. The van der Waals surface area contributed by atoms with Gasteiger partial charge in [0.15, 0.2) is 0 Å². The van der Waals surface area contributed by atoms with E-state index in [9.17, 15) is 0 Å². The van der Waals surface area contributed by atoms with Crippen molar-refractivity contribution in [2.75, 3.05) is 0 Å². The second kappa shape index (κ2) is 5.17. The lowest BCUT2D eigenvalue weighted by Crippen LogP contribution is -2.05. The normalized spacial score (nSPS) is 13.0. The number of nitrogens with zero attached hydrogens (tertiary/aromatic N) is 2. The first kappa shape index (κ1) is 10.4. The molecule has 0 aromatic heterocycles. The Hall–Kier alpha value is -1.64. The summed E-state index contributed by atoms with van der Waals surface area (Å²) in [7, 11) is 0. The second-order valence-corrected chi connectivity index (χ2v) is 3.01. The van der Waals surface area contributed by atoms with E-state index >= 15 is 0 Å². The molecule has 3 nitrogen and oxygen atoms in total.